The minimum Gasteiger partial charge on any atom is -0.424 e. The quantitative estimate of drug-likeness (QED) is 0.861. The summed E-state index contributed by atoms with van der Waals surface area (Å²) in [4.78, 5) is 12.0. The molecular formula is C16H12ClF3N2O3. The third kappa shape index (κ3) is 3.43. The second-order valence-electron chi connectivity index (χ2n) is 5.16. The third-order valence-corrected chi connectivity index (χ3v) is 3.77. The lowest BCUT2D eigenvalue weighted by atomic mass is 10.2. The molecule has 2 aromatic rings. The molecule has 5 nitrogen and oxygen atoms in total. The number of alkyl halides is 3. The van der Waals surface area contributed by atoms with Crippen molar-refractivity contribution in [3.8, 4) is 11.5 Å². The second-order valence-corrected chi connectivity index (χ2v) is 5.57. The molecule has 2 aromatic carbocycles. The van der Waals surface area contributed by atoms with Crippen LogP contribution in [0.2, 0.25) is 5.02 Å². The lowest BCUT2D eigenvalue weighted by Gasteiger charge is -2.29. The van der Waals surface area contributed by atoms with Gasteiger partial charge in [-0.3, -0.25) is 5.32 Å². The van der Waals surface area contributed by atoms with Crippen LogP contribution in [0.15, 0.2) is 48.5 Å². The predicted octanol–water partition coefficient (Wildman–Crippen LogP) is 3.83. The summed E-state index contributed by atoms with van der Waals surface area (Å²) >= 11 is 5.94. The van der Waals surface area contributed by atoms with Gasteiger partial charge in [0.15, 0.2) is 11.5 Å². The van der Waals surface area contributed by atoms with Crippen LogP contribution in [0.25, 0.3) is 0 Å². The molecule has 2 N–H and O–H groups in total. The second kappa shape index (κ2) is 6.36. The number of hydrogen-bond donors (Lipinski definition) is 2. The highest BCUT2D eigenvalue weighted by Crippen LogP contribution is 2.44. The molecule has 0 radical (unpaired) electrons. The monoisotopic (exact) mass is 372 g/mol. The van der Waals surface area contributed by atoms with Gasteiger partial charge in [-0.05, 0) is 23.8 Å². The van der Waals surface area contributed by atoms with Crippen LogP contribution >= 0.6 is 11.6 Å². The minimum atomic E-state index is -5.01. The summed E-state index contributed by atoms with van der Waals surface area (Å²) in [5, 5.41) is 4.39. The summed E-state index contributed by atoms with van der Waals surface area (Å²) < 4.78 is 50.1. The number of amides is 2. The third-order valence-electron chi connectivity index (χ3n) is 3.41. The van der Waals surface area contributed by atoms with E-state index in [0.29, 0.717) is 10.6 Å². The molecule has 0 aromatic heterocycles. The summed E-state index contributed by atoms with van der Waals surface area (Å²) in [5.74, 6) is -3.53. The highest BCUT2D eigenvalue weighted by atomic mass is 35.5. The minimum absolute atomic E-state index is 0.0631. The number of urea groups is 1. The van der Waals surface area contributed by atoms with Crippen molar-refractivity contribution in [3.63, 3.8) is 0 Å². The Morgan fingerprint density at radius 2 is 1.60 bits per heavy atom. The number of nitrogens with one attached hydrogen (secondary N) is 2. The van der Waals surface area contributed by atoms with Crippen LogP contribution in [0.5, 0.6) is 11.5 Å². The van der Waals surface area contributed by atoms with Crippen molar-refractivity contribution in [2.24, 2.45) is 0 Å². The van der Waals surface area contributed by atoms with Gasteiger partial charge in [0.1, 0.15) is 0 Å². The van der Waals surface area contributed by atoms with Crippen molar-refractivity contribution in [2.75, 3.05) is 0 Å². The predicted molar refractivity (Wildman–Crippen MR) is 83.3 cm³/mol. The Labute approximate surface area is 145 Å². The number of fused-ring (bicyclic) bond motifs is 1. The van der Waals surface area contributed by atoms with Crippen molar-refractivity contribution >= 4 is 17.6 Å². The maximum atomic E-state index is 13.5. The molecule has 0 aliphatic carbocycles. The van der Waals surface area contributed by atoms with Crippen molar-refractivity contribution in [2.45, 2.75) is 18.6 Å². The molecule has 0 spiro atoms. The van der Waals surface area contributed by atoms with E-state index in [4.69, 9.17) is 21.1 Å². The van der Waals surface area contributed by atoms with E-state index in [0.717, 1.165) is 0 Å². The fourth-order valence-electron chi connectivity index (χ4n) is 2.20. The summed E-state index contributed by atoms with van der Waals surface area (Å²) in [6, 6.07) is 11.1. The summed E-state index contributed by atoms with van der Waals surface area (Å²) in [5.41, 5.74) is 0.553. The first kappa shape index (κ1) is 17.2. The van der Waals surface area contributed by atoms with E-state index < -0.39 is 18.1 Å². The van der Waals surface area contributed by atoms with Gasteiger partial charge in [0, 0.05) is 11.6 Å². The summed E-state index contributed by atoms with van der Waals surface area (Å²) in [6.45, 7) is -0.0631. The first-order valence-corrected chi connectivity index (χ1v) is 7.52. The Balaban J connectivity index is 1.72. The highest BCUT2D eigenvalue weighted by Gasteiger charge is 2.65. The standard InChI is InChI=1S/C16H12ClF3N2O3/c17-11-6-2-1-5-10(11)9-21-14(23)22-16(15(18,19)20)24-12-7-3-4-8-13(12)25-16/h1-8H,9H2,(H2,21,22,23). The largest absolute Gasteiger partial charge is 0.492 e. The molecule has 0 atom stereocenters. The molecule has 0 saturated carbocycles. The molecule has 3 rings (SSSR count). The number of carbonyl (C=O) groups excluding carboxylic acids is 1. The molecule has 2 amide bonds. The zero-order valence-corrected chi connectivity index (χ0v) is 13.3. The fraction of sp³-hybridized carbons (Fsp3) is 0.188. The maximum absolute atomic E-state index is 13.5. The van der Waals surface area contributed by atoms with Crippen molar-refractivity contribution < 1.29 is 27.4 Å². The van der Waals surface area contributed by atoms with Crippen molar-refractivity contribution in [1.82, 2.24) is 10.6 Å². The van der Waals surface area contributed by atoms with Gasteiger partial charge in [0.2, 0.25) is 0 Å². The van der Waals surface area contributed by atoms with Crippen molar-refractivity contribution in [1.29, 1.82) is 0 Å². The summed E-state index contributed by atoms with van der Waals surface area (Å²) in [6.07, 6.45) is -5.01. The van der Waals surface area contributed by atoms with Gasteiger partial charge in [-0.15, -0.1) is 0 Å². The number of para-hydroxylation sites is 2. The van der Waals surface area contributed by atoms with Crippen LogP contribution in [-0.4, -0.2) is 18.1 Å². The number of hydrogen-bond acceptors (Lipinski definition) is 3. The molecular weight excluding hydrogens is 361 g/mol. The van der Waals surface area contributed by atoms with E-state index in [1.807, 2.05) is 0 Å². The topological polar surface area (TPSA) is 59.6 Å². The Hall–Kier alpha value is -2.61. The maximum Gasteiger partial charge on any atom is 0.492 e. The van der Waals surface area contributed by atoms with Crippen LogP contribution in [0.4, 0.5) is 18.0 Å². The fourth-order valence-corrected chi connectivity index (χ4v) is 2.40. The smallest absolute Gasteiger partial charge is 0.424 e. The van der Waals surface area contributed by atoms with Gasteiger partial charge < -0.3 is 14.8 Å². The van der Waals surface area contributed by atoms with E-state index in [9.17, 15) is 18.0 Å². The van der Waals surface area contributed by atoms with Crippen LogP contribution in [-0.2, 0) is 6.54 Å². The molecule has 0 fully saturated rings. The molecule has 1 aliphatic rings. The van der Waals surface area contributed by atoms with Gasteiger partial charge in [0.25, 0.3) is 0 Å². The first-order chi connectivity index (χ1) is 11.8. The average Bonchev–Trinajstić information content (AvgIpc) is 2.93. The molecule has 1 aliphatic heterocycles. The van der Waals surface area contributed by atoms with E-state index in [-0.39, 0.29) is 18.0 Å². The Morgan fingerprint density at radius 1 is 1.04 bits per heavy atom. The summed E-state index contributed by atoms with van der Waals surface area (Å²) in [7, 11) is 0. The van der Waals surface area contributed by atoms with E-state index >= 15 is 0 Å². The number of benzene rings is 2. The van der Waals surface area contributed by atoms with Gasteiger partial charge in [-0.2, -0.15) is 13.2 Å². The van der Waals surface area contributed by atoms with Crippen LogP contribution in [0, 0.1) is 0 Å². The average molecular weight is 373 g/mol. The molecule has 0 unspecified atom stereocenters. The van der Waals surface area contributed by atoms with Gasteiger partial charge in [-0.1, -0.05) is 41.9 Å². The van der Waals surface area contributed by atoms with Crippen LogP contribution in [0.3, 0.4) is 0 Å². The highest BCUT2D eigenvalue weighted by molar-refractivity contribution is 6.31. The molecule has 9 heteroatoms. The number of carbonyl (C=O) groups is 1. The van der Waals surface area contributed by atoms with Gasteiger partial charge in [-0.25, -0.2) is 4.79 Å². The molecule has 25 heavy (non-hydrogen) atoms. The van der Waals surface area contributed by atoms with E-state index in [1.165, 1.54) is 24.3 Å². The number of rotatable bonds is 3. The first-order valence-electron chi connectivity index (χ1n) is 7.14. The Kier molecular flexibility index (Phi) is 4.38. The van der Waals surface area contributed by atoms with E-state index in [2.05, 4.69) is 5.32 Å². The lowest BCUT2D eigenvalue weighted by Crippen LogP contribution is -2.66. The normalized spacial score (nSPS) is 14.9. The zero-order chi connectivity index (χ0) is 18.1. The lowest BCUT2D eigenvalue weighted by molar-refractivity contribution is -0.317. The Bertz CT molecular complexity index is 773. The molecule has 0 bridgehead atoms. The number of halogens is 4. The molecule has 1 heterocycles. The number of ether oxygens (including phenoxy) is 2. The van der Waals surface area contributed by atoms with Gasteiger partial charge in [0.05, 0.1) is 0 Å². The van der Waals surface area contributed by atoms with Crippen LogP contribution in [0.1, 0.15) is 5.56 Å². The molecule has 132 valence electrons. The SMILES string of the molecule is O=C(NCc1ccccc1Cl)NC1(C(F)(F)F)Oc2ccccc2O1. The zero-order valence-electron chi connectivity index (χ0n) is 12.6. The van der Waals surface area contributed by atoms with E-state index in [1.54, 1.807) is 29.6 Å². The van der Waals surface area contributed by atoms with Crippen molar-refractivity contribution in [3.05, 3.63) is 59.1 Å². The van der Waals surface area contributed by atoms with Gasteiger partial charge >= 0.3 is 18.1 Å². The Morgan fingerprint density at radius 3 is 2.16 bits per heavy atom. The molecule has 0 saturated heterocycles. The van der Waals surface area contributed by atoms with Crippen LogP contribution < -0.4 is 20.1 Å².